The Balaban J connectivity index is 2.26. The van der Waals surface area contributed by atoms with Crippen LogP contribution in [0.3, 0.4) is 0 Å². The SMILES string of the molecule is CCN(Cc1ccc(Cl)s1)C(=O)c1cc(N)c(C)cc1C. The number of thiophene rings is 1. The molecule has 1 aromatic heterocycles. The highest BCUT2D eigenvalue weighted by atomic mass is 35.5. The fourth-order valence-corrected chi connectivity index (χ4v) is 3.33. The molecule has 2 aromatic rings. The molecule has 0 unspecified atom stereocenters. The van der Waals surface area contributed by atoms with Crippen molar-refractivity contribution in [1.29, 1.82) is 0 Å². The molecule has 1 aromatic carbocycles. The summed E-state index contributed by atoms with van der Waals surface area (Å²) in [6.45, 7) is 7.07. The van der Waals surface area contributed by atoms with Crippen LogP contribution in [-0.2, 0) is 6.54 Å². The van der Waals surface area contributed by atoms with Gasteiger partial charge in [-0.2, -0.15) is 0 Å². The van der Waals surface area contributed by atoms with Crippen molar-refractivity contribution in [3.05, 3.63) is 50.2 Å². The fourth-order valence-electron chi connectivity index (χ4n) is 2.22. The predicted octanol–water partition coefficient (Wildman–Crippen LogP) is 4.26. The molecule has 0 aliphatic rings. The standard InChI is InChI=1S/C16H19ClN2OS/c1-4-19(9-12-5-6-15(17)21-12)16(20)13-8-14(18)11(3)7-10(13)2/h5-8H,4,9,18H2,1-3H3. The number of hydrogen-bond donors (Lipinski definition) is 1. The van der Waals surface area contributed by atoms with Crippen molar-refractivity contribution in [1.82, 2.24) is 4.90 Å². The lowest BCUT2D eigenvalue weighted by Gasteiger charge is -2.21. The second-order valence-corrected chi connectivity index (χ2v) is 6.85. The van der Waals surface area contributed by atoms with Crippen LogP contribution in [-0.4, -0.2) is 17.4 Å². The Hall–Kier alpha value is -1.52. The summed E-state index contributed by atoms with van der Waals surface area (Å²) in [5, 5.41) is 0. The number of nitrogens with zero attached hydrogens (tertiary/aromatic N) is 1. The number of aryl methyl sites for hydroxylation is 2. The molecule has 0 radical (unpaired) electrons. The number of carbonyl (C=O) groups excluding carboxylic acids is 1. The summed E-state index contributed by atoms with van der Waals surface area (Å²) in [4.78, 5) is 15.6. The van der Waals surface area contributed by atoms with Gasteiger partial charge in [-0.1, -0.05) is 17.7 Å². The molecule has 0 spiro atoms. The van der Waals surface area contributed by atoms with Crippen LogP contribution in [0.4, 0.5) is 5.69 Å². The summed E-state index contributed by atoms with van der Waals surface area (Å²) in [6.07, 6.45) is 0. The Morgan fingerprint density at radius 3 is 2.57 bits per heavy atom. The van der Waals surface area contributed by atoms with Crippen LogP contribution in [0.2, 0.25) is 4.34 Å². The van der Waals surface area contributed by atoms with Crippen molar-refractivity contribution in [2.24, 2.45) is 0 Å². The Morgan fingerprint density at radius 2 is 2.00 bits per heavy atom. The van der Waals surface area contributed by atoms with Crippen LogP contribution >= 0.6 is 22.9 Å². The number of halogens is 1. The average Bonchev–Trinajstić information content (AvgIpc) is 2.85. The summed E-state index contributed by atoms with van der Waals surface area (Å²) in [6, 6.07) is 7.55. The molecule has 0 saturated carbocycles. The van der Waals surface area contributed by atoms with Crippen molar-refractivity contribution in [2.75, 3.05) is 12.3 Å². The van der Waals surface area contributed by atoms with E-state index in [2.05, 4.69) is 0 Å². The first-order valence-electron chi connectivity index (χ1n) is 6.82. The highest BCUT2D eigenvalue weighted by molar-refractivity contribution is 7.16. The zero-order valence-corrected chi connectivity index (χ0v) is 14.0. The van der Waals surface area contributed by atoms with E-state index in [4.69, 9.17) is 17.3 Å². The van der Waals surface area contributed by atoms with Gasteiger partial charge < -0.3 is 10.6 Å². The van der Waals surface area contributed by atoms with Gasteiger partial charge in [0.15, 0.2) is 0 Å². The minimum Gasteiger partial charge on any atom is -0.398 e. The Bertz CT molecular complexity index is 666. The fraction of sp³-hybridized carbons (Fsp3) is 0.312. The van der Waals surface area contributed by atoms with Gasteiger partial charge in [0.2, 0.25) is 0 Å². The van der Waals surface area contributed by atoms with E-state index in [1.165, 1.54) is 11.3 Å². The number of rotatable bonds is 4. The third-order valence-electron chi connectivity index (χ3n) is 3.49. The van der Waals surface area contributed by atoms with Crippen LogP contribution in [0.1, 0.15) is 33.3 Å². The van der Waals surface area contributed by atoms with Gasteiger partial charge in [-0.15, -0.1) is 11.3 Å². The third kappa shape index (κ3) is 3.57. The molecule has 1 amide bonds. The molecule has 2 N–H and O–H groups in total. The van der Waals surface area contributed by atoms with E-state index in [1.54, 1.807) is 11.0 Å². The summed E-state index contributed by atoms with van der Waals surface area (Å²) in [5.41, 5.74) is 9.21. The van der Waals surface area contributed by atoms with Crippen molar-refractivity contribution in [2.45, 2.75) is 27.3 Å². The molecule has 0 atom stereocenters. The van der Waals surface area contributed by atoms with Gasteiger partial charge in [-0.05, 0) is 50.1 Å². The molecule has 0 aliphatic heterocycles. The predicted molar refractivity (Wildman–Crippen MR) is 90.1 cm³/mol. The van der Waals surface area contributed by atoms with E-state index in [1.807, 2.05) is 39.0 Å². The lowest BCUT2D eigenvalue weighted by atomic mass is 10.0. The number of anilines is 1. The molecule has 0 aliphatic carbocycles. The van der Waals surface area contributed by atoms with E-state index < -0.39 is 0 Å². The normalized spacial score (nSPS) is 10.7. The maximum Gasteiger partial charge on any atom is 0.254 e. The van der Waals surface area contributed by atoms with Crippen molar-refractivity contribution < 1.29 is 4.79 Å². The third-order valence-corrected chi connectivity index (χ3v) is 4.70. The molecule has 0 bridgehead atoms. The first kappa shape index (κ1) is 15.9. The summed E-state index contributed by atoms with van der Waals surface area (Å²) >= 11 is 7.45. The van der Waals surface area contributed by atoms with E-state index in [9.17, 15) is 4.79 Å². The molecule has 0 fully saturated rings. The van der Waals surface area contributed by atoms with E-state index in [0.29, 0.717) is 24.3 Å². The van der Waals surface area contributed by atoms with Crippen molar-refractivity contribution in [3.8, 4) is 0 Å². The largest absolute Gasteiger partial charge is 0.398 e. The van der Waals surface area contributed by atoms with Gasteiger partial charge >= 0.3 is 0 Å². The first-order valence-corrected chi connectivity index (χ1v) is 8.02. The van der Waals surface area contributed by atoms with Gasteiger partial charge in [0.1, 0.15) is 0 Å². The molecule has 5 heteroatoms. The molecule has 2 rings (SSSR count). The summed E-state index contributed by atoms with van der Waals surface area (Å²) in [7, 11) is 0. The van der Waals surface area contributed by atoms with E-state index in [-0.39, 0.29) is 5.91 Å². The highest BCUT2D eigenvalue weighted by Gasteiger charge is 2.18. The van der Waals surface area contributed by atoms with Gasteiger partial charge in [-0.3, -0.25) is 4.79 Å². The monoisotopic (exact) mass is 322 g/mol. The van der Waals surface area contributed by atoms with Crippen LogP contribution < -0.4 is 5.73 Å². The lowest BCUT2D eigenvalue weighted by molar-refractivity contribution is 0.0753. The molecule has 3 nitrogen and oxygen atoms in total. The zero-order chi connectivity index (χ0) is 15.6. The first-order chi connectivity index (χ1) is 9.92. The minimum atomic E-state index is 0.00576. The van der Waals surface area contributed by atoms with Crippen molar-refractivity contribution >= 4 is 34.5 Å². The van der Waals surface area contributed by atoms with Gasteiger partial charge in [0, 0.05) is 22.7 Å². The summed E-state index contributed by atoms with van der Waals surface area (Å²) in [5.74, 6) is 0.00576. The average molecular weight is 323 g/mol. The number of hydrogen-bond acceptors (Lipinski definition) is 3. The number of carbonyl (C=O) groups is 1. The highest BCUT2D eigenvalue weighted by Crippen LogP contribution is 2.24. The van der Waals surface area contributed by atoms with Crippen LogP contribution in [0.5, 0.6) is 0 Å². The Labute approximate surface area is 134 Å². The minimum absolute atomic E-state index is 0.00576. The van der Waals surface area contributed by atoms with Crippen LogP contribution in [0.15, 0.2) is 24.3 Å². The molecule has 0 saturated heterocycles. The number of amides is 1. The smallest absolute Gasteiger partial charge is 0.254 e. The van der Waals surface area contributed by atoms with Gasteiger partial charge in [0.25, 0.3) is 5.91 Å². The second-order valence-electron chi connectivity index (χ2n) is 5.05. The second kappa shape index (κ2) is 6.50. The topological polar surface area (TPSA) is 46.3 Å². The maximum absolute atomic E-state index is 12.7. The van der Waals surface area contributed by atoms with E-state index in [0.717, 1.165) is 20.3 Å². The Morgan fingerprint density at radius 1 is 1.29 bits per heavy atom. The maximum atomic E-state index is 12.7. The molecular formula is C16H19ClN2OS. The number of benzene rings is 1. The molecule has 1 heterocycles. The van der Waals surface area contributed by atoms with Gasteiger partial charge in [0.05, 0.1) is 10.9 Å². The quantitative estimate of drug-likeness (QED) is 0.855. The molecule has 21 heavy (non-hydrogen) atoms. The Kier molecular flexibility index (Phi) is 4.91. The van der Waals surface area contributed by atoms with Crippen molar-refractivity contribution in [3.63, 3.8) is 0 Å². The van der Waals surface area contributed by atoms with Crippen LogP contribution in [0, 0.1) is 13.8 Å². The lowest BCUT2D eigenvalue weighted by Crippen LogP contribution is -2.30. The van der Waals surface area contributed by atoms with Crippen LogP contribution in [0.25, 0.3) is 0 Å². The van der Waals surface area contributed by atoms with Gasteiger partial charge in [-0.25, -0.2) is 0 Å². The number of nitrogens with two attached hydrogens (primary N) is 1. The zero-order valence-electron chi connectivity index (χ0n) is 12.4. The summed E-state index contributed by atoms with van der Waals surface area (Å²) < 4.78 is 0.740. The van der Waals surface area contributed by atoms with E-state index >= 15 is 0 Å². The number of nitrogen functional groups attached to an aromatic ring is 1. The molecular weight excluding hydrogens is 304 g/mol. The molecule has 112 valence electrons.